The second-order valence-electron chi connectivity index (χ2n) is 3.26. The van der Waals surface area contributed by atoms with Gasteiger partial charge in [0.05, 0.1) is 0 Å². The van der Waals surface area contributed by atoms with Crippen molar-refractivity contribution in [2.24, 2.45) is 0 Å². The van der Waals surface area contributed by atoms with Gasteiger partial charge in [0.1, 0.15) is 13.2 Å². The van der Waals surface area contributed by atoms with Crippen LogP contribution in [0.15, 0.2) is 24.3 Å². The predicted octanol–water partition coefficient (Wildman–Crippen LogP) is 0.989. The number of aliphatic carboxylic acids is 1. The minimum absolute atomic E-state index is 0.0547. The van der Waals surface area contributed by atoms with Gasteiger partial charge in [-0.1, -0.05) is 29.8 Å². The van der Waals surface area contributed by atoms with Crippen LogP contribution in [0.5, 0.6) is 0 Å². The van der Waals surface area contributed by atoms with Gasteiger partial charge < -0.3 is 9.84 Å². The number of halogens is 1. The van der Waals surface area contributed by atoms with E-state index < -0.39 is 18.5 Å². The Labute approximate surface area is 108 Å². The molecule has 0 radical (unpaired) electrons. The van der Waals surface area contributed by atoms with Crippen LogP contribution in [0.2, 0.25) is 5.02 Å². The van der Waals surface area contributed by atoms with Crippen molar-refractivity contribution in [2.75, 3.05) is 13.2 Å². The van der Waals surface area contributed by atoms with E-state index in [-0.39, 0.29) is 13.2 Å². The van der Waals surface area contributed by atoms with E-state index in [1.165, 1.54) is 0 Å². The highest BCUT2D eigenvalue weighted by atomic mass is 35.5. The van der Waals surface area contributed by atoms with Crippen LogP contribution in [0.4, 0.5) is 0 Å². The molecule has 0 aliphatic carbocycles. The molecule has 0 aromatic heterocycles. The Morgan fingerprint density at radius 3 is 2.72 bits per heavy atom. The third kappa shape index (κ3) is 5.62. The zero-order chi connectivity index (χ0) is 13.4. The lowest BCUT2D eigenvalue weighted by atomic mass is 10.2. The van der Waals surface area contributed by atoms with E-state index in [9.17, 15) is 9.59 Å². The number of nitrogens with one attached hydrogen (secondary N) is 1. The van der Waals surface area contributed by atoms with Crippen LogP contribution < -0.4 is 5.48 Å². The monoisotopic (exact) mass is 273 g/mol. The molecular weight excluding hydrogens is 262 g/mol. The smallest absolute Gasteiger partial charge is 0.331 e. The maximum atomic E-state index is 11.2. The van der Waals surface area contributed by atoms with Crippen molar-refractivity contribution >= 4 is 23.5 Å². The summed E-state index contributed by atoms with van der Waals surface area (Å²) in [5, 5.41) is 8.78. The number of carbonyl (C=O) groups is 2. The van der Waals surface area contributed by atoms with Gasteiger partial charge in [0, 0.05) is 10.6 Å². The molecule has 1 aromatic rings. The minimum atomic E-state index is -1.13. The van der Waals surface area contributed by atoms with E-state index >= 15 is 0 Å². The highest BCUT2D eigenvalue weighted by Gasteiger charge is 2.05. The number of hydrogen-bond acceptors (Lipinski definition) is 5. The van der Waals surface area contributed by atoms with Crippen molar-refractivity contribution < 1.29 is 24.3 Å². The summed E-state index contributed by atoms with van der Waals surface area (Å²) in [6.07, 6.45) is 0. The minimum Gasteiger partial charge on any atom is -0.479 e. The number of benzene rings is 1. The quantitative estimate of drug-likeness (QED) is 0.438. The van der Waals surface area contributed by atoms with Gasteiger partial charge in [0.25, 0.3) is 0 Å². The maximum absolute atomic E-state index is 11.2. The Balaban J connectivity index is 2.21. The summed E-state index contributed by atoms with van der Waals surface area (Å²) >= 11 is 5.87. The molecule has 0 saturated carbocycles. The van der Waals surface area contributed by atoms with Crippen LogP contribution in [-0.4, -0.2) is 30.2 Å². The Morgan fingerprint density at radius 2 is 2.06 bits per heavy atom. The van der Waals surface area contributed by atoms with Crippen molar-refractivity contribution in [1.29, 1.82) is 0 Å². The van der Waals surface area contributed by atoms with Gasteiger partial charge in [-0.05, 0) is 6.07 Å². The van der Waals surface area contributed by atoms with Crippen LogP contribution in [0.1, 0.15) is 5.56 Å². The number of ether oxygens (including phenoxy) is 1. The first-order valence-electron chi connectivity index (χ1n) is 5.05. The van der Waals surface area contributed by atoms with Crippen molar-refractivity contribution in [1.82, 2.24) is 5.48 Å². The van der Waals surface area contributed by atoms with Crippen molar-refractivity contribution in [3.63, 3.8) is 0 Å². The van der Waals surface area contributed by atoms with Gasteiger partial charge in [0.2, 0.25) is 0 Å². The molecule has 0 aliphatic rings. The molecule has 18 heavy (non-hydrogen) atoms. The maximum Gasteiger partial charge on any atom is 0.331 e. The average Bonchev–Trinajstić information content (AvgIpc) is 2.33. The third-order valence-electron chi connectivity index (χ3n) is 1.86. The van der Waals surface area contributed by atoms with E-state index in [0.29, 0.717) is 10.6 Å². The second-order valence-corrected chi connectivity index (χ2v) is 3.66. The molecular formula is C11H12ClNO5. The molecule has 0 bridgehead atoms. The average molecular weight is 274 g/mol. The van der Waals surface area contributed by atoms with Gasteiger partial charge >= 0.3 is 11.9 Å². The summed E-state index contributed by atoms with van der Waals surface area (Å²) in [7, 11) is 0. The first-order valence-corrected chi connectivity index (χ1v) is 5.43. The molecule has 1 aromatic carbocycles. The van der Waals surface area contributed by atoms with Crippen LogP contribution in [0, 0.1) is 0 Å². The largest absolute Gasteiger partial charge is 0.479 e. The SMILES string of the molecule is O=C(O)CONCC(=O)OCc1ccccc1Cl. The zero-order valence-electron chi connectivity index (χ0n) is 9.39. The fourth-order valence-corrected chi connectivity index (χ4v) is 1.24. The summed E-state index contributed by atoms with van der Waals surface area (Å²) < 4.78 is 4.90. The first kappa shape index (κ1) is 14.4. The standard InChI is InChI=1S/C11H12ClNO5/c12-9-4-2-1-3-8(9)6-17-11(16)5-13-18-7-10(14)15/h1-4,13H,5-7H2,(H,14,15). The summed E-state index contributed by atoms with van der Waals surface area (Å²) in [6.45, 7) is -0.714. The molecule has 7 heteroatoms. The predicted molar refractivity (Wildman–Crippen MR) is 62.8 cm³/mol. The molecule has 0 heterocycles. The first-order chi connectivity index (χ1) is 8.59. The molecule has 2 N–H and O–H groups in total. The molecule has 0 amide bonds. The van der Waals surface area contributed by atoms with Crippen molar-refractivity contribution in [2.45, 2.75) is 6.61 Å². The molecule has 98 valence electrons. The molecule has 0 saturated heterocycles. The molecule has 1 rings (SSSR count). The lowest BCUT2D eigenvalue weighted by molar-refractivity contribution is -0.152. The van der Waals surface area contributed by atoms with Crippen molar-refractivity contribution in [3.05, 3.63) is 34.9 Å². The topological polar surface area (TPSA) is 84.9 Å². The Hall–Kier alpha value is -1.63. The molecule has 0 atom stereocenters. The fraction of sp³-hybridized carbons (Fsp3) is 0.273. The van der Waals surface area contributed by atoms with Gasteiger partial charge in [-0.3, -0.25) is 9.63 Å². The lowest BCUT2D eigenvalue weighted by Crippen LogP contribution is -2.27. The van der Waals surface area contributed by atoms with Gasteiger partial charge in [-0.15, -0.1) is 0 Å². The van der Waals surface area contributed by atoms with E-state index in [1.807, 2.05) is 0 Å². The summed E-state index contributed by atoms with van der Waals surface area (Å²) in [5.74, 6) is -1.70. The molecule has 6 nitrogen and oxygen atoms in total. The van der Waals surface area contributed by atoms with E-state index in [1.54, 1.807) is 24.3 Å². The van der Waals surface area contributed by atoms with Crippen LogP contribution in [-0.2, 0) is 25.8 Å². The number of carboxylic acids is 1. The van der Waals surface area contributed by atoms with E-state index in [0.717, 1.165) is 0 Å². The fourth-order valence-electron chi connectivity index (χ4n) is 1.05. The molecule has 0 spiro atoms. The lowest BCUT2D eigenvalue weighted by Gasteiger charge is -2.07. The molecule has 0 fully saturated rings. The Bertz CT molecular complexity index is 424. The zero-order valence-corrected chi connectivity index (χ0v) is 10.1. The summed E-state index contributed by atoms with van der Waals surface area (Å²) in [4.78, 5) is 25.8. The number of hydroxylamine groups is 1. The van der Waals surface area contributed by atoms with Crippen LogP contribution in [0.3, 0.4) is 0 Å². The van der Waals surface area contributed by atoms with E-state index in [4.69, 9.17) is 21.4 Å². The van der Waals surface area contributed by atoms with Gasteiger partial charge in [-0.2, -0.15) is 5.48 Å². The number of carboxylic acid groups (broad SMARTS) is 1. The highest BCUT2D eigenvalue weighted by Crippen LogP contribution is 2.15. The number of carbonyl (C=O) groups excluding carboxylic acids is 1. The summed E-state index contributed by atoms with van der Waals surface area (Å²) in [5.41, 5.74) is 2.87. The van der Waals surface area contributed by atoms with Gasteiger partial charge in [-0.25, -0.2) is 4.79 Å². The van der Waals surface area contributed by atoms with Crippen LogP contribution >= 0.6 is 11.6 Å². The Morgan fingerprint density at radius 1 is 1.33 bits per heavy atom. The Kier molecular flexibility index (Phi) is 6.13. The summed E-state index contributed by atoms with van der Waals surface area (Å²) in [6, 6.07) is 6.99. The second kappa shape index (κ2) is 7.65. The molecule has 0 aliphatic heterocycles. The number of hydrogen-bond donors (Lipinski definition) is 2. The normalized spacial score (nSPS) is 10.1. The third-order valence-corrected chi connectivity index (χ3v) is 2.23. The number of esters is 1. The van der Waals surface area contributed by atoms with Crippen molar-refractivity contribution in [3.8, 4) is 0 Å². The van der Waals surface area contributed by atoms with Gasteiger partial charge in [0.15, 0.2) is 6.61 Å². The van der Waals surface area contributed by atoms with E-state index in [2.05, 4.69) is 10.3 Å². The number of rotatable bonds is 7. The van der Waals surface area contributed by atoms with Crippen LogP contribution in [0.25, 0.3) is 0 Å². The molecule has 0 unspecified atom stereocenters. The highest BCUT2D eigenvalue weighted by molar-refractivity contribution is 6.31.